The van der Waals surface area contributed by atoms with Crippen LogP contribution in [0.5, 0.6) is 0 Å². The maximum absolute atomic E-state index is 14.4. The van der Waals surface area contributed by atoms with E-state index < -0.39 is 11.4 Å². The molecule has 7 heterocycles. The molecule has 0 aromatic carbocycles. The lowest BCUT2D eigenvalue weighted by Crippen LogP contribution is -2.46. The van der Waals surface area contributed by atoms with Crippen LogP contribution in [0, 0.1) is 5.82 Å². The third-order valence-electron chi connectivity index (χ3n) is 9.58. The van der Waals surface area contributed by atoms with Gasteiger partial charge in [-0.15, -0.1) is 0 Å². The second-order valence-corrected chi connectivity index (χ2v) is 13.7. The first kappa shape index (κ1) is 29.1. The predicted molar refractivity (Wildman–Crippen MR) is 177 cm³/mol. The summed E-state index contributed by atoms with van der Waals surface area (Å²) < 4.78 is 21.5. The Morgan fingerprint density at radius 3 is 2.02 bits per heavy atom. The Kier molecular flexibility index (Phi) is 7.69. The van der Waals surface area contributed by atoms with Crippen LogP contribution in [0.1, 0.15) is 62.0 Å². The van der Waals surface area contributed by atoms with Gasteiger partial charge < -0.3 is 8.80 Å². The van der Waals surface area contributed by atoms with Gasteiger partial charge in [0, 0.05) is 56.0 Å². The molecule has 1 aliphatic carbocycles. The highest BCUT2D eigenvalue weighted by Crippen LogP contribution is 2.33. The summed E-state index contributed by atoms with van der Waals surface area (Å²) in [6.07, 6.45) is 13.9. The predicted octanol–water partition coefficient (Wildman–Crippen LogP) is 5.25. The quantitative estimate of drug-likeness (QED) is 0.236. The van der Waals surface area contributed by atoms with Gasteiger partial charge in [0.1, 0.15) is 22.8 Å². The van der Waals surface area contributed by atoms with Gasteiger partial charge in [0.2, 0.25) is 0 Å². The monoisotopic (exact) mass is 638 g/mol. The van der Waals surface area contributed by atoms with E-state index in [1.165, 1.54) is 10.6 Å². The molecule has 0 N–H and O–H groups in total. The van der Waals surface area contributed by atoms with Gasteiger partial charge in [-0.3, -0.25) is 18.8 Å². The number of fused-ring (bicyclic) bond motifs is 3. The maximum Gasteiger partial charge on any atom is 0.333 e. The molecule has 46 heavy (non-hydrogen) atoms. The summed E-state index contributed by atoms with van der Waals surface area (Å²) in [6, 6.07) is 13.1. The summed E-state index contributed by atoms with van der Waals surface area (Å²) in [5.74, 6) is 1.32. The van der Waals surface area contributed by atoms with Gasteiger partial charge in [-0.25, -0.2) is 24.1 Å². The Hall–Kier alpha value is -4.29. The third-order valence-corrected chi connectivity index (χ3v) is 10.6. The SMILES string of the molecule is O=c1c2cc(F)cnc2n(C2CCSCC2)c(=O)n1C1CCC(N(Cc2cn3ccccc3n2)Cc2cn3ccccc3n2)CC1. The normalized spacial score (nSPS) is 19.5. The highest BCUT2D eigenvalue weighted by atomic mass is 32.2. The average molecular weight is 639 g/mol. The minimum absolute atomic E-state index is 0.0521. The van der Waals surface area contributed by atoms with Crippen molar-refractivity contribution in [1.29, 1.82) is 0 Å². The lowest BCUT2D eigenvalue weighted by atomic mass is 9.89. The van der Waals surface area contributed by atoms with Crippen molar-refractivity contribution in [2.75, 3.05) is 11.5 Å². The zero-order chi connectivity index (χ0) is 31.2. The number of pyridine rings is 3. The molecule has 8 rings (SSSR count). The van der Waals surface area contributed by atoms with Crippen molar-refractivity contribution in [3.63, 3.8) is 0 Å². The first-order valence-corrected chi connectivity index (χ1v) is 17.2. The molecule has 1 saturated carbocycles. The largest absolute Gasteiger partial charge is 0.333 e. The van der Waals surface area contributed by atoms with Crippen molar-refractivity contribution in [2.24, 2.45) is 0 Å². The first-order chi connectivity index (χ1) is 22.5. The van der Waals surface area contributed by atoms with Crippen molar-refractivity contribution in [3.8, 4) is 0 Å². The zero-order valence-corrected chi connectivity index (χ0v) is 26.2. The summed E-state index contributed by atoms with van der Waals surface area (Å²) >= 11 is 1.87. The summed E-state index contributed by atoms with van der Waals surface area (Å²) in [6.45, 7) is 1.30. The van der Waals surface area contributed by atoms with E-state index >= 15 is 0 Å². The number of thioether (sulfide) groups is 1. The molecule has 1 aliphatic heterocycles. The maximum atomic E-state index is 14.4. The summed E-state index contributed by atoms with van der Waals surface area (Å²) in [7, 11) is 0. The van der Waals surface area contributed by atoms with Gasteiger partial charge >= 0.3 is 5.69 Å². The molecule has 6 aromatic rings. The van der Waals surface area contributed by atoms with E-state index in [2.05, 4.69) is 22.3 Å². The van der Waals surface area contributed by atoms with Crippen LogP contribution in [-0.2, 0) is 13.1 Å². The molecule has 1 saturated heterocycles. The Balaban J connectivity index is 1.10. The van der Waals surface area contributed by atoms with E-state index in [1.54, 1.807) is 4.57 Å². The van der Waals surface area contributed by atoms with Crippen molar-refractivity contribution in [1.82, 2.24) is 37.8 Å². The topological polar surface area (TPSA) is 94.7 Å². The fourth-order valence-electron chi connectivity index (χ4n) is 7.34. The highest BCUT2D eigenvalue weighted by Gasteiger charge is 2.32. The van der Waals surface area contributed by atoms with Gasteiger partial charge in [-0.05, 0) is 80.4 Å². The Morgan fingerprint density at radius 2 is 1.41 bits per heavy atom. The van der Waals surface area contributed by atoms with Crippen LogP contribution < -0.4 is 11.2 Å². The standard InChI is InChI=1S/C34H35FN8O2S/c35-23-17-29-32(36-18-23)42(28-11-15-46-16-12-28)34(45)43(33(29)44)27-9-7-26(8-10-27)41(21-24-19-39-13-3-1-5-30(39)37-24)22-25-20-40-14-4-2-6-31(40)38-25/h1-6,13-14,17-20,26-28H,7-12,15-16,21-22H2. The molecule has 0 amide bonds. The van der Waals surface area contributed by atoms with Crippen molar-refractivity contribution < 1.29 is 4.39 Å². The summed E-state index contributed by atoms with van der Waals surface area (Å²) in [4.78, 5) is 44.4. The molecule has 0 atom stereocenters. The van der Waals surface area contributed by atoms with Crippen molar-refractivity contribution in [2.45, 2.75) is 69.7 Å². The van der Waals surface area contributed by atoms with Gasteiger partial charge in [-0.2, -0.15) is 11.8 Å². The van der Waals surface area contributed by atoms with Crippen LogP contribution in [0.25, 0.3) is 22.3 Å². The molecular formula is C34H35FN8O2S. The fourth-order valence-corrected chi connectivity index (χ4v) is 8.42. The van der Waals surface area contributed by atoms with E-state index in [-0.39, 0.29) is 29.2 Å². The van der Waals surface area contributed by atoms with Gasteiger partial charge in [-0.1, -0.05) is 12.1 Å². The number of imidazole rings is 2. The van der Waals surface area contributed by atoms with Crippen LogP contribution in [0.2, 0.25) is 0 Å². The number of rotatable bonds is 7. The number of hydrogen-bond acceptors (Lipinski definition) is 7. The zero-order valence-electron chi connectivity index (χ0n) is 25.4. The number of halogens is 1. The molecule has 236 valence electrons. The van der Waals surface area contributed by atoms with Gasteiger partial charge in [0.05, 0.1) is 23.0 Å². The van der Waals surface area contributed by atoms with Crippen LogP contribution in [0.15, 0.2) is 83.0 Å². The van der Waals surface area contributed by atoms with E-state index in [4.69, 9.17) is 9.97 Å². The Labute approximate surface area is 268 Å². The van der Waals surface area contributed by atoms with Crippen molar-refractivity contribution >= 4 is 34.1 Å². The molecule has 2 fully saturated rings. The Bertz CT molecular complexity index is 2010. The molecule has 0 radical (unpaired) electrons. The lowest BCUT2D eigenvalue weighted by molar-refractivity contribution is 0.118. The molecular weight excluding hydrogens is 603 g/mol. The smallest absolute Gasteiger partial charge is 0.307 e. The van der Waals surface area contributed by atoms with Crippen LogP contribution in [-0.4, -0.2) is 55.3 Å². The van der Waals surface area contributed by atoms with Crippen molar-refractivity contribution in [3.05, 3.63) is 111 Å². The number of aromatic nitrogens is 7. The number of hydrogen-bond donors (Lipinski definition) is 0. The average Bonchev–Trinajstić information content (AvgIpc) is 3.69. The Morgan fingerprint density at radius 1 is 0.804 bits per heavy atom. The highest BCUT2D eigenvalue weighted by molar-refractivity contribution is 7.99. The molecule has 10 nitrogen and oxygen atoms in total. The lowest BCUT2D eigenvalue weighted by Gasteiger charge is -2.37. The summed E-state index contributed by atoms with van der Waals surface area (Å²) in [5.41, 5.74) is 3.30. The summed E-state index contributed by atoms with van der Waals surface area (Å²) in [5, 5.41) is 0.181. The van der Waals surface area contributed by atoms with E-state index in [0.717, 1.165) is 66.1 Å². The molecule has 0 unspecified atom stereocenters. The second kappa shape index (κ2) is 12.1. The number of nitrogens with zero attached hydrogens (tertiary/aromatic N) is 8. The van der Waals surface area contributed by atoms with Gasteiger partial charge in [0.15, 0.2) is 0 Å². The van der Waals surface area contributed by atoms with Gasteiger partial charge in [0.25, 0.3) is 5.56 Å². The minimum Gasteiger partial charge on any atom is -0.307 e. The third kappa shape index (κ3) is 5.43. The van der Waals surface area contributed by atoms with E-state index in [9.17, 15) is 14.0 Å². The molecule has 2 aliphatic rings. The first-order valence-electron chi connectivity index (χ1n) is 16.0. The molecule has 6 aromatic heterocycles. The van der Waals surface area contributed by atoms with E-state index in [1.807, 2.05) is 69.4 Å². The van der Waals surface area contributed by atoms with Crippen LogP contribution in [0.3, 0.4) is 0 Å². The molecule has 12 heteroatoms. The van der Waals surface area contributed by atoms with E-state index in [0.29, 0.717) is 31.6 Å². The fraction of sp³-hybridized carbons (Fsp3) is 0.382. The second-order valence-electron chi connectivity index (χ2n) is 12.5. The van der Waals surface area contributed by atoms with Crippen LogP contribution in [0.4, 0.5) is 4.39 Å². The molecule has 0 spiro atoms. The molecule has 0 bridgehead atoms. The minimum atomic E-state index is -0.571. The van der Waals surface area contributed by atoms with Crippen LogP contribution >= 0.6 is 11.8 Å².